The van der Waals surface area contributed by atoms with Gasteiger partial charge in [0.2, 0.25) is 0 Å². The van der Waals surface area contributed by atoms with Crippen LogP contribution in [0.2, 0.25) is 0 Å². The van der Waals surface area contributed by atoms with Crippen LogP contribution in [0.3, 0.4) is 0 Å². The molecule has 0 bridgehead atoms. The first-order valence-electron chi connectivity index (χ1n) is 6.97. The third-order valence-electron chi connectivity index (χ3n) is 3.17. The Hall–Kier alpha value is -0.770. The average molecular weight is 260 g/mol. The van der Waals surface area contributed by atoms with E-state index in [4.69, 9.17) is 9.62 Å². The highest BCUT2D eigenvalue weighted by Crippen LogP contribution is 2.15. The predicted octanol–water partition coefficient (Wildman–Crippen LogP) is 4.48. The molecule has 0 aliphatic carbocycles. The summed E-state index contributed by atoms with van der Waals surface area (Å²) in [5.41, 5.74) is -0.467. The average Bonchev–Trinajstić information content (AvgIpc) is 2.36. The van der Waals surface area contributed by atoms with Crippen LogP contribution < -0.4 is 0 Å². The summed E-state index contributed by atoms with van der Waals surface area (Å²) >= 11 is 0. The zero-order valence-corrected chi connectivity index (χ0v) is 12.5. The molecule has 18 heavy (non-hydrogen) atoms. The monoisotopic (exact) mass is 260 g/mol. The molecule has 0 aliphatic rings. The van der Waals surface area contributed by atoms with Gasteiger partial charge in [0, 0.05) is 0 Å². The van der Waals surface area contributed by atoms with Gasteiger partial charge in [-0.05, 0) is 32.6 Å². The standard InChI is InChI=1S/C14H28O4/c1-6-9-10-12(7-2)11-16-13(15)17-18-14(4,5)8-3/h12H,6-11H2,1-5H3/t12-/m0/s1. The topological polar surface area (TPSA) is 44.8 Å². The van der Waals surface area contributed by atoms with E-state index in [0.29, 0.717) is 12.5 Å². The van der Waals surface area contributed by atoms with Gasteiger partial charge in [-0.25, -0.2) is 4.79 Å². The van der Waals surface area contributed by atoms with Gasteiger partial charge >= 0.3 is 6.16 Å². The van der Waals surface area contributed by atoms with Gasteiger partial charge in [0.05, 0.1) is 6.61 Å². The van der Waals surface area contributed by atoms with Crippen LogP contribution in [0.4, 0.5) is 4.79 Å². The number of rotatable bonds is 9. The summed E-state index contributed by atoms with van der Waals surface area (Å²) in [7, 11) is 0. The lowest BCUT2D eigenvalue weighted by atomic mass is 10.0. The zero-order chi connectivity index (χ0) is 14.0. The predicted molar refractivity (Wildman–Crippen MR) is 71.2 cm³/mol. The Morgan fingerprint density at radius 2 is 1.89 bits per heavy atom. The number of hydrogen-bond donors (Lipinski definition) is 0. The molecule has 0 aliphatic heterocycles. The lowest BCUT2D eigenvalue weighted by Gasteiger charge is -2.20. The largest absolute Gasteiger partial charge is 0.540 e. The maximum absolute atomic E-state index is 11.3. The van der Waals surface area contributed by atoms with Crippen molar-refractivity contribution in [3.05, 3.63) is 0 Å². The summed E-state index contributed by atoms with van der Waals surface area (Å²) in [6.45, 7) is 10.3. The van der Waals surface area contributed by atoms with Crippen LogP contribution >= 0.6 is 0 Å². The fourth-order valence-electron chi connectivity index (χ4n) is 1.31. The molecule has 0 saturated carbocycles. The molecule has 4 nitrogen and oxygen atoms in total. The molecule has 4 heteroatoms. The quantitative estimate of drug-likeness (QED) is 0.348. The van der Waals surface area contributed by atoms with Gasteiger partial charge in [0.1, 0.15) is 5.60 Å². The molecule has 0 aromatic heterocycles. The van der Waals surface area contributed by atoms with Gasteiger partial charge in [-0.3, -0.25) is 4.89 Å². The second-order valence-corrected chi connectivity index (χ2v) is 5.26. The Labute approximate surface area is 111 Å². The van der Waals surface area contributed by atoms with Crippen molar-refractivity contribution in [1.29, 1.82) is 0 Å². The van der Waals surface area contributed by atoms with Crippen molar-refractivity contribution in [3.8, 4) is 0 Å². The van der Waals surface area contributed by atoms with Crippen LogP contribution in [-0.4, -0.2) is 18.4 Å². The summed E-state index contributed by atoms with van der Waals surface area (Å²) in [5, 5.41) is 0. The summed E-state index contributed by atoms with van der Waals surface area (Å²) in [6.07, 6.45) is 4.43. The van der Waals surface area contributed by atoms with Crippen LogP contribution in [-0.2, 0) is 14.5 Å². The Morgan fingerprint density at radius 1 is 1.22 bits per heavy atom. The molecule has 0 heterocycles. The van der Waals surface area contributed by atoms with E-state index in [-0.39, 0.29) is 0 Å². The van der Waals surface area contributed by atoms with Gasteiger partial charge in [0.15, 0.2) is 0 Å². The number of carbonyl (C=O) groups is 1. The third kappa shape index (κ3) is 8.34. The highest BCUT2D eigenvalue weighted by atomic mass is 17.2. The van der Waals surface area contributed by atoms with E-state index in [1.807, 2.05) is 20.8 Å². The van der Waals surface area contributed by atoms with Gasteiger partial charge in [0.25, 0.3) is 0 Å². The zero-order valence-electron chi connectivity index (χ0n) is 12.5. The van der Waals surface area contributed by atoms with E-state index in [1.165, 1.54) is 0 Å². The second kappa shape index (κ2) is 9.20. The Balaban J connectivity index is 3.80. The van der Waals surface area contributed by atoms with Gasteiger partial charge in [-0.2, -0.15) is 4.89 Å². The Kier molecular flexibility index (Phi) is 8.81. The van der Waals surface area contributed by atoms with Crippen molar-refractivity contribution in [3.63, 3.8) is 0 Å². The van der Waals surface area contributed by atoms with Crippen LogP contribution in [0.25, 0.3) is 0 Å². The molecule has 0 N–H and O–H groups in total. The van der Waals surface area contributed by atoms with Gasteiger partial charge in [-0.1, -0.05) is 40.0 Å². The molecule has 0 aromatic rings. The highest BCUT2D eigenvalue weighted by Gasteiger charge is 2.20. The maximum atomic E-state index is 11.3. The molecule has 1 atom stereocenters. The van der Waals surface area contributed by atoms with Crippen LogP contribution in [0.15, 0.2) is 0 Å². The van der Waals surface area contributed by atoms with Crippen LogP contribution in [0.1, 0.15) is 66.7 Å². The number of unbranched alkanes of at least 4 members (excludes halogenated alkanes) is 1. The molecular weight excluding hydrogens is 232 g/mol. The van der Waals surface area contributed by atoms with E-state index in [0.717, 1.165) is 32.1 Å². The first-order valence-corrected chi connectivity index (χ1v) is 6.97. The van der Waals surface area contributed by atoms with Crippen molar-refractivity contribution < 1.29 is 19.3 Å². The first kappa shape index (κ1) is 17.2. The van der Waals surface area contributed by atoms with Crippen molar-refractivity contribution >= 4 is 6.16 Å². The van der Waals surface area contributed by atoms with Gasteiger partial charge < -0.3 is 4.74 Å². The SMILES string of the molecule is CCCC[C@H](CC)COC(=O)OOC(C)(C)CC. The first-order chi connectivity index (χ1) is 8.45. The van der Waals surface area contributed by atoms with Crippen molar-refractivity contribution in [2.24, 2.45) is 5.92 Å². The van der Waals surface area contributed by atoms with Crippen LogP contribution in [0, 0.1) is 5.92 Å². The fraction of sp³-hybridized carbons (Fsp3) is 0.929. The fourth-order valence-corrected chi connectivity index (χ4v) is 1.31. The van der Waals surface area contributed by atoms with Crippen molar-refractivity contribution in [2.75, 3.05) is 6.61 Å². The van der Waals surface area contributed by atoms with E-state index in [9.17, 15) is 4.79 Å². The minimum Gasteiger partial charge on any atom is -0.432 e. The lowest BCUT2D eigenvalue weighted by molar-refractivity contribution is -0.318. The minimum atomic E-state index is -0.744. The maximum Gasteiger partial charge on any atom is 0.540 e. The normalized spacial score (nSPS) is 13.2. The molecule has 0 unspecified atom stereocenters. The summed E-state index contributed by atoms with van der Waals surface area (Å²) in [5.74, 6) is 0.414. The van der Waals surface area contributed by atoms with E-state index in [1.54, 1.807) is 0 Å². The smallest absolute Gasteiger partial charge is 0.432 e. The van der Waals surface area contributed by atoms with Crippen molar-refractivity contribution in [2.45, 2.75) is 72.3 Å². The number of ether oxygens (including phenoxy) is 1. The minimum absolute atomic E-state index is 0.408. The lowest BCUT2D eigenvalue weighted by Crippen LogP contribution is -2.26. The van der Waals surface area contributed by atoms with E-state index in [2.05, 4.69) is 18.7 Å². The molecule has 0 spiro atoms. The number of carbonyl (C=O) groups excluding carboxylic acids is 1. The molecule has 0 fully saturated rings. The van der Waals surface area contributed by atoms with Crippen molar-refractivity contribution in [1.82, 2.24) is 0 Å². The second-order valence-electron chi connectivity index (χ2n) is 5.26. The third-order valence-corrected chi connectivity index (χ3v) is 3.17. The Bertz CT molecular complexity index is 226. The summed E-state index contributed by atoms with van der Waals surface area (Å²) in [6, 6.07) is 0. The Morgan fingerprint density at radius 3 is 2.39 bits per heavy atom. The van der Waals surface area contributed by atoms with E-state index >= 15 is 0 Å². The molecule has 0 saturated heterocycles. The number of hydrogen-bond acceptors (Lipinski definition) is 4. The molecule has 0 rings (SSSR count). The summed E-state index contributed by atoms with van der Waals surface area (Å²) in [4.78, 5) is 21.0. The molecule has 0 radical (unpaired) electrons. The molecule has 0 amide bonds. The molecule has 108 valence electrons. The molecule has 0 aromatic carbocycles. The van der Waals surface area contributed by atoms with Gasteiger partial charge in [-0.15, -0.1) is 0 Å². The molecular formula is C14H28O4. The highest BCUT2D eigenvalue weighted by molar-refractivity contribution is 5.58. The van der Waals surface area contributed by atoms with E-state index < -0.39 is 11.8 Å². The summed E-state index contributed by atoms with van der Waals surface area (Å²) < 4.78 is 5.05. The van der Waals surface area contributed by atoms with Crippen LogP contribution in [0.5, 0.6) is 0 Å².